The van der Waals surface area contributed by atoms with Crippen LogP contribution in [0, 0.1) is 0 Å². The monoisotopic (exact) mass is 373 g/mol. The lowest BCUT2D eigenvalue weighted by atomic mass is 10.0. The van der Waals surface area contributed by atoms with Gasteiger partial charge in [-0.1, -0.05) is 26.8 Å². The number of hydrogen-bond acceptors (Lipinski definition) is 4. The Bertz CT molecular complexity index is 465. The SMILES string of the molecule is C=CCOC[C@@H]([C@@H](C=O)O[Si](C)(C)C(C)(C)C)N(C(=O)O)C(C)(C)C. The normalized spacial score (nSPS) is 15.4. The maximum Gasteiger partial charge on any atom is 0.408 e. The highest BCUT2D eigenvalue weighted by atomic mass is 28.4. The van der Waals surface area contributed by atoms with Crippen LogP contribution in [-0.4, -0.2) is 61.6 Å². The fraction of sp³-hybridized carbons (Fsp3) is 0.778. The number of nitrogens with zero attached hydrogens (tertiary/aromatic N) is 1. The number of hydrogen-bond donors (Lipinski definition) is 1. The Morgan fingerprint density at radius 3 is 2.08 bits per heavy atom. The maximum absolute atomic E-state index is 11.9. The van der Waals surface area contributed by atoms with Gasteiger partial charge >= 0.3 is 6.09 Å². The van der Waals surface area contributed by atoms with Crippen LogP contribution in [0.2, 0.25) is 18.1 Å². The average Bonchev–Trinajstić information content (AvgIpc) is 2.40. The molecule has 0 aliphatic heterocycles. The molecule has 2 atom stereocenters. The van der Waals surface area contributed by atoms with E-state index in [1.807, 2.05) is 13.1 Å². The molecule has 146 valence electrons. The van der Waals surface area contributed by atoms with E-state index >= 15 is 0 Å². The minimum Gasteiger partial charge on any atom is -0.465 e. The Hall–Kier alpha value is -1.18. The first-order valence-corrected chi connectivity index (χ1v) is 11.4. The molecular formula is C18H35NO5Si. The molecule has 0 rings (SSSR count). The summed E-state index contributed by atoms with van der Waals surface area (Å²) in [6, 6.07) is -0.732. The quantitative estimate of drug-likeness (QED) is 0.287. The molecule has 0 aromatic rings. The van der Waals surface area contributed by atoms with Gasteiger partial charge in [0, 0.05) is 5.54 Å². The van der Waals surface area contributed by atoms with Gasteiger partial charge in [0.25, 0.3) is 0 Å². The van der Waals surface area contributed by atoms with Crippen molar-refractivity contribution in [3.63, 3.8) is 0 Å². The highest BCUT2D eigenvalue weighted by Gasteiger charge is 2.44. The molecule has 0 fully saturated rings. The second-order valence-corrected chi connectivity index (χ2v) is 13.5. The van der Waals surface area contributed by atoms with Gasteiger partial charge in [0.1, 0.15) is 12.4 Å². The summed E-state index contributed by atoms with van der Waals surface area (Å²) in [7, 11) is -2.27. The van der Waals surface area contributed by atoms with Crippen molar-refractivity contribution in [2.24, 2.45) is 0 Å². The van der Waals surface area contributed by atoms with E-state index in [0.29, 0.717) is 6.29 Å². The fourth-order valence-electron chi connectivity index (χ4n) is 2.23. The van der Waals surface area contributed by atoms with Gasteiger partial charge in [0.15, 0.2) is 8.32 Å². The smallest absolute Gasteiger partial charge is 0.408 e. The highest BCUT2D eigenvalue weighted by molar-refractivity contribution is 6.74. The summed E-state index contributed by atoms with van der Waals surface area (Å²) in [5.41, 5.74) is -0.702. The van der Waals surface area contributed by atoms with Crippen LogP contribution in [0.4, 0.5) is 4.79 Å². The molecule has 1 amide bonds. The maximum atomic E-state index is 11.9. The van der Waals surface area contributed by atoms with Crippen LogP contribution in [0.15, 0.2) is 12.7 Å². The van der Waals surface area contributed by atoms with Crippen LogP contribution in [-0.2, 0) is 14.0 Å². The van der Waals surface area contributed by atoms with Gasteiger partial charge in [-0.05, 0) is 38.9 Å². The number of carboxylic acid groups (broad SMARTS) is 1. The zero-order valence-electron chi connectivity index (χ0n) is 17.0. The van der Waals surface area contributed by atoms with Crippen molar-refractivity contribution in [3.05, 3.63) is 12.7 Å². The molecule has 25 heavy (non-hydrogen) atoms. The van der Waals surface area contributed by atoms with Crippen molar-refractivity contribution in [2.75, 3.05) is 13.2 Å². The number of aldehydes is 1. The molecule has 0 saturated carbocycles. The van der Waals surface area contributed by atoms with E-state index in [1.54, 1.807) is 26.8 Å². The lowest BCUT2D eigenvalue weighted by molar-refractivity contribution is -0.119. The third-order valence-corrected chi connectivity index (χ3v) is 9.01. The van der Waals surface area contributed by atoms with Gasteiger partial charge in [-0.2, -0.15) is 0 Å². The number of carbonyl (C=O) groups is 2. The van der Waals surface area contributed by atoms with Crippen molar-refractivity contribution in [3.8, 4) is 0 Å². The molecule has 0 saturated heterocycles. The summed E-state index contributed by atoms with van der Waals surface area (Å²) < 4.78 is 11.7. The molecule has 0 aliphatic rings. The molecule has 0 heterocycles. The average molecular weight is 374 g/mol. The molecule has 0 aliphatic carbocycles. The number of amides is 1. The topological polar surface area (TPSA) is 76.1 Å². The van der Waals surface area contributed by atoms with Crippen LogP contribution < -0.4 is 0 Å². The second kappa shape index (κ2) is 8.96. The molecule has 7 heteroatoms. The van der Waals surface area contributed by atoms with Crippen LogP contribution >= 0.6 is 0 Å². The molecule has 1 N–H and O–H groups in total. The van der Waals surface area contributed by atoms with Crippen LogP contribution in [0.25, 0.3) is 0 Å². The van der Waals surface area contributed by atoms with Gasteiger partial charge in [0.05, 0.1) is 19.3 Å². The van der Waals surface area contributed by atoms with Gasteiger partial charge < -0.3 is 19.1 Å². The van der Waals surface area contributed by atoms with E-state index in [-0.39, 0.29) is 18.3 Å². The Kier molecular flexibility index (Phi) is 8.54. The molecule has 0 spiro atoms. The molecule has 6 nitrogen and oxygen atoms in total. The summed E-state index contributed by atoms with van der Waals surface area (Å²) in [5.74, 6) is 0. The second-order valence-electron chi connectivity index (χ2n) is 8.70. The largest absolute Gasteiger partial charge is 0.465 e. The van der Waals surface area contributed by atoms with Crippen LogP contribution in [0.1, 0.15) is 41.5 Å². The van der Waals surface area contributed by atoms with Crippen molar-refractivity contribution in [1.29, 1.82) is 0 Å². The standard InChI is InChI=1S/C18H35NO5Si/c1-10-11-23-13-14(19(16(21)22)17(2,3)4)15(12-20)24-25(8,9)18(5,6)7/h10,12,14-15H,1,11,13H2,2-9H3,(H,21,22)/t14-,15+/m0/s1. The van der Waals surface area contributed by atoms with Crippen molar-refractivity contribution < 1.29 is 23.9 Å². The predicted molar refractivity (Wildman–Crippen MR) is 103 cm³/mol. The Balaban J connectivity index is 5.78. The molecule has 0 bridgehead atoms. The summed E-state index contributed by atoms with van der Waals surface area (Å²) in [5, 5.41) is 9.63. The number of rotatable bonds is 9. The lowest BCUT2D eigenvalue weighted by Gasteiger charge is -2.45. The first-order valence-electron chi connectivity index (χ1n) is 8.53. The van der Waals surface area contributed by atoms with E-state index < -0.39 is 32.1 Å². The highest BCUT2D eigenvalue weighted by Crippen LogP contribution is 2.38. The van der Waals surface area contributed by atoms with E-state index in [1.165, 1.54) is 4.90 Å². The minimum absolute atomic E-state index is 0.0631. The summed E-state index contributed by atoms with van der Waals surface area (Å²) in [6.45, 7) is 19.6. The zero-order chi connectivity index (χ0) is 20.1. The Morgan fingerprint density at radius 1 is 1.24 bits per heavy atom. The lowest BCUT2D eigenvalue weighted by Crippen LogP contribution is -2.60. The van der Waals surface area contributed by atoms with Crippen LogP contribution in [0.3, 0.4) is 0 Å². The number of carbonyl (C=O) groups excluding carboxylic acids is 1. The van der Waals surface area contributed by atoms with Crippen molar-refractivity contribution in [2.45, 2.75) is 77.4 Å². The minimum atomic E-state index is -2.27. The zero-order valence-corrected chi connectivity index (χ0v) is 18.0. The molecule has 0 radical (unpaired) electrons. The predicted octanol–water partition coefficient (Wildman–Crippen LogP) is 3.93. The molecule has 0 unspecified atom stereocenters. The van der Waals surface area contributed by atoms with Gasteiger partial charge in [0.2, 0.25) is 0 Å². The van der Waals surface area contributed by atoms with E-state index in [4.69, 9.17) is 9.16 Å². The first kappa shape index (κ1) is 23.8. The van der Waals surface area contributed by atoms with E-state index in [9.17, 15) is 14.7 Å². The Morgan fingerprint density at radius 2 is 1.76 bits per heavy atom. The van der Waals surface area contributed by atoms with Crippen LogP contribution in [0.5, 0.6) is 0 Å². The van der Waals surface area contributed by atoms with E-state index in [0.717, 1.165) is 0 Å². The summed E-state index contributed by atoms with van der Waals surface area (Å²) in [4.78, 5) is 25.0. The third-order valence-electron chi connectivity index (χ3n) is 4.54. The van der Waals surface area contributed by atoms with Gasteiger partial charge in [-0.3, -0.25) is 4.90 Å². The van der Waals surface area contributed by atoms with Gasteiger partial charge in [-0.25, -0.2) is 4.79 Å². The van der Waals surface area contributed by atoms with Crippen molar-refractivity contribution >= 4 is 20.7 Å². The molecule has 0 aromatic heterocycles. The fourth-order valence-corrected chi connectivity index (χ4v) is 3.48. The Labute approximate surface area is 153 Å². The first-order chi connectivity index (χ1) is 11.2. The summed E-state index contributed by atoms with van der Waals surface area (Å²) >= 11 is 0. The number of ether oxygens (including phenoxy) is 1. The van der Waals surface area contributed by atoms with E-state index in [2.05, 4.69) is 27.4 Å². The van der Waals surface area contributed by atoms with Gasteiger partial charge in [-0.15, -0.1) is 6.58 Å². The molecular weight excluding hydrogens is 338 g/mol. The summed E-state index contributed by atoms with van der Waals surface area (Å²) in [6.07, 6.45) is 0.292. The molecule has 0 aromatic carbocycles. The third kappa shape index (κ3) is 6.91. The van der Waals surface area contributed by atoms with Crippen molar-refractivity contribution in [1.82, 2.24) is 4.90 Å².